The van der Waals surface area contributed by atoms with Crippen molar-refractivity contribution in [2.75, 3.05) is 11.3 Å². The molecule has 192 valence electrons. The van der Waals surface area contributed by atoms with Crippen molar-refractivity contribution in [1.82, 2.24) is 5.32 Å². The van der Waals surface area contributed by atoms with Gasteiger partial charge < -0.3 is 10.4 Å². The lowest BCUT2D eigenvalue weighted by molar-refractivity contribution is -0.192. The summed E-state index contributed by atoms with van der Waals surface area (Å²) in [6.45, 7) is 6.82. The van der Waals surface area contributed by atoms with Crippen molar-refractivity contribution in [2.45, 2.75) is 56.5 Å². The molecule has 0 unspecified atom stereocenters. The normalized spacial score (nSPS) is 14.5. The summed E-state index contributed by atoms with van der Waals surface area (Å²) in [5.74, 6) is -2.29. The summed E-state index contributed by atoms with van der Waals surface area (Å²) < 4.78 is 59.5. The number of amides is 1. The van der Waals surface area contributed by atoms with Gasteiger partial charge in [0.1, 0.15) is 0 Å². The molecular weight excluding hydrogens is 485 g/mol. The first-order valence-electron chi connectivity index (χ1n) is 11.0. The number of carboxylic acids is 1. The highest BCUT2D eigenvalue weighted by molar-refractivity contribution is 7.92. The zero-order chi connectivity index (χ0) is 26.4. The van der Waals surface area contributed by atoms with Crippen LogP contribution in [0.4, 0.5) is 18.9 Å². The summed E-state index contributed by atoms with van der Waals surface area (Å²) in [5, 5.41) is 10.1. The number of hydrogen-bond donors (Lipinski definition) is 3. The van der Waals surface area contributed by atoms with E-state index in [1.54, 1.807) is 24.3 Å². The second-order valence-corrected chi connectivity index (χ2v) is 10.4. The molecule has 1 saturated carbocycles. The van der Waals surface area contributed by atoms with Gasteiger partial charge in [-0.1, -0.05) is 45.0 Å². The van der Waals surface area contributed by atoms with Crippen LogP contribution in [0.2, 0.25) is 0 Å². The van der Waals surface area contributed by atoms with Gasteiger partial charge in [-0.05, 0) is 60.6 Å². The SMILES string of the molecule is CCc1ccc(S(=O)(=O)Nc2ccc(C3(C(=O)NCC(C)C)CC3)cc2)cc1.O=C(O)C(F)(F)F. The number of sulfonamides is 1. The van der Waals surface area contributed by atoms with Crippen molar-refractivity contribution in [3.05, 3.63) is 59.7 Å². The van der Waals surface area contributed by atoms with E-state index in [2.05, 4.69) is 23.9 Å². The Morgan fingerprint density at radius 3 is 1.94 bits per heavy atom. The van der Waals surface area contributed by atoms with Gasteiger partial charge in [0.25, 0.3) is 10.0 Å². The fraction of sp³-hybridized carbons (Fsp3) is 0.417. The number of carbonyl (C=O) groups is 2. The molecule has 0 radical (unpaired) electrons. The summed E-state index contributed by atoms with van der Waals surface area (Å²) in [6, 6.07) is 14.0. The van der Waals surface area contributed by atoms with Crippen LogP contribution in [-0.2, 0) is 31.4 Å². The lowest BCUT2D eigenvalue weighted by Crippen LogP contribution is -2.36. The minimum Gasteiger partial charge on any atom is -0.475 e. The summed E-state index contributed by atoms with van der Waals surface area (Å²) in [6.07, 6.45) is -2.57. The minimum atomic E-state index is -5.08. The molecule has 0 saturated heterocycles. The highest BCUT2D eigenvalue weighted by Crippen LogP contribution is 2.48. The zero-order valence-electron chi connectivity index (χ0n) is 19.6. The lowest BCUT2D eigenvalue weighted by Gasteiger charge is -2.17. The van der Waals surface area contributed by atoms with E-state index in [1.807, 2.05) is 31.2 Å². The van der Waals surface area contributed by atoms with Crippen molar-refractivity contribution in [3.8, 4) is 0 Å². The molecule has 0 aliphatic heterocycles. The van der Waals surface area contributed by atoms with Crippen LogP contribution in [0.25, 0.3) is 0 Å². The number of hydrogen-bond acceptors (Lipinski definition) is 4. The second kappa shape index (κ2) is 11.1. The van der Waals surface area contributed by atoms with Gasteiger partial charge in [0, 0.05) is 12.2 Å². The van der Waals surface area contributed by atoms with Crippen LogP contribution in [0.3, 0.4) is 0 Å². The molecule has 11 heteroatoms. The van der Waals surface area contributed by atoms with E-state index < -0.39 is 27.6 Å². The Hall–Kier alpha value is -3.08. The van der Waals surface area contributed by atoms with Crippen LogP contribution >= 0.6 is 0 Å². The molecule has 1 aliphatic carbocycles. The van der Waals surface area contributed by atoms with Gasteiger partial charge in [-0.15, -0.1) is 0 Å². The maximum absolute atomic E-state index is 12.6. The van der Waals surface area contributed by atoms with Gasteiger partial charge in [-0.2, -0.15) is 13.2 Å². The van der Waals surface area contributed by atoms with E-state index >= 15 is 0 Å². The Morgan fingerprint density at radius 2 is 1.54 bits per heavy atom. The number of halogens is 3. The summed E-state index contributed by atoms with van der Waals surface area (Å²) in [7, 11) is -3.63. The van der Waals surface area contributed by atoms with Crippen molar-refractivity contribution in [3.63, 3.8) is 0 Å². The molecule has 0 bridgehead atoms. The predicted molar refractivity (Wildman–Crippen MR) is 126 cm³/mol. The zero-order valence-corrected chi connectivity index (χ0v) is 20.5. The van der Waals surface area contributed by atoms with Crippen LogP contribution < -0.4 is 10.0 Å². The van der Waals surface area contributed by atoms with Crippen molar-refractivity contribution in [1.29, 1.82) is 0 Å². The smallest absolute Gasteiger partial charge is 0.475 e. The van der Waals surface area contributed by atoms with Crippen LogP contribution in [0.15, 0.2) is 53.4 Å². The lowest BCUT2D eigenvalue weighted by atomic mass is 9.94. The number of aliphatic carboxylic acids is 1. The van der Waals surface area contributed by atoms with E-state index in [1.165, 1.54) is 0 Å². The Kier molecular flexibility index (Phi) is 8.94. The number of rotatable bonds is 8. The van der Waals surface area contributed by atoms with Gasteiger partial charge in [0.05, 0.1) is 10.3 Å². The number of alkyl halides is 3. The van der Waals surface area contributed by atoms with Crippen LogP contribution in [0.5, 0.6) is 0 Å². The maximum atomic E-state index is 12.6. The quantitative estimate of drug-likeness (QED) is 0.481. The third-order valence-corrected chi connectivity index (χ3v) is 6.83. The average Bonchev–Trinajstić information content (AvgIpc) is 3.59. The van der Waals surface area contributed by atoms with E-state index in [0.29, 0.717) is 18.2 Å². The summed E-state index contributed by atoms with van der Waals surface area (Å²) >= 11 is 0. The third-order valence-electron chi connectivity index (χ3n) is 5.43. The first-order chi connectivity index (χ1) is 16.2. The van der Waals surface area contributed by atoms with Crippen LogP contribution in [-0.4, -0.2) is 38.1 Å². The highest BCUT2D eigenvalue weighted by atomic mass is 32.2. The Bertz CT molecular complexity index is 1130. The van der Waals surface area contributed by atoms with Gasteiger partial charge in [0.15, 0.2) is 0 Å². The van der Waals surface area contributed by atoms with Gasteiger partial charge in [-0.3, -0.25) is 9.52 Å². The molecule has 35 heavy (non-hydrogen) atoms. The van der Waals surface area contributed by atoms with Gasteiger partial charge in [-0.25, -0.2) is 13.2 Å². The number of carbonyl (C=O) groups excluding carboxylic acids is 1. The molecule has 7 nitrogen and oxygen atoms in total. The molecule has 1 fully saturated rings. The van der Waals surface area contributed by atoms with Gasteiger partial charge >= 0.3 is 12.1 Å². The Labute approximate surface area is 202 Å². The van der Waals surface area contributed by atoms with Crippen LogP contribution in [0.1, 0.15) is 44.7 Å². The molecule has 0 aromatic heterocycles. The average molecular weight is 515 g/mol. The number of aryl methyl sites for hydroxylation is 1. The van der Waals surface area contributed by atoms with E-state index in [-0.39, 0.29) is 10.8 Å². The van der Waals surface area contributed by atoms with E-state index in [9.17, 15) is 26.4 Å². The molecule has 2 aromatic rings. The number of carboxylic acid groups (broad SMARTS) is 1. The predicted octanol–water partition coefficient (Wildman–Crippen LogP) is 4.49. The van der Waals surface area contributed by atoms with Crippen molar-refractivity contribution >= 4 is 27.6 Å². The molecule has 0 heterocycles. The van der Waals surface area contributed by atoms with Crippen molar-refractivity contribution < 1.29 is 36.3 Å². The molecule has 0 atom stereocenters. The molecule has 3 rings (SSSR count). The molecule has 1 amide bonds. The largest absolute Gasteiger partial charge is 0.490 e. The first-order valence-corrected chi connectivity index (χ1v) is 12.5. The maximum Gasteiger partial charge on any atom is 0.490 e. The standard InChI is InChI=1S/C22H28N2O3S.C2HF3O2/c1-4-17-5-11-20(12-6-17)28(26,27)24-19-9-7-18(8-10-19)22(13-14-22)21(25)23-15-16(2)3;3-2(4,5)1(6)7/h5-12,16,24H,4,13-15H2,1-3H3,(H,23,25);(H,6,7). The fourth-order valence-electron chi connectivity index (χ4n) is 3.21. The molecule has 0 spiro atoms. The molecular formula is C24H29F3N2O5S. The van der Waals surface area contributed by atoms with E-state index in [4.69, 9.17) is 9.90 Å². The Morgan fingerprint density at radius 1 is 1.03 bits per heavy atom. The summed E-state index contributed by atoms with van der Waals surface area (Å²) in [4.78, 5) is 21.7. The number of nitrogens with one attached hydrogen (secondary N) is 2. The van der Waals surface area contributed by atoms with Crippen LogP contribution in [0, 0.1) is 5.92 Å². The Balaban J connectivity index is 0.000000540. The van der Waals surface area contributed by atoms with E-state index in [0.717, 1.165) is 30.4 Å². The summed E-state index contributed by atoms with van der Waals surface area (Å²) in [5.41, 5.74) is 2.06. The minimum absolute atomic E-state index is 0.0607. The number of benzene rings is 2. The number of anilines is 1. The first kappa shape index (κ1) is 28.2. The second-order valence-electron chi connectivity index (χ2n) is 8.67. The van der Waals surface area contributed by atoms with Gasteiger partial charge in [0.2, 0.25) is 5.91 Å². The topological polar surface area (TPSA) is 113 Å². The molecule has 2 aromatic carbocycles. The fourth-order valence-corrected chi connectivity index (χ4v) is 4.27. The monoisotopic (exact) mass is 514 g/mol. The third kappa shape index (κ3) is 7.71. The molecule has 3 N–H and O–H groups in total. The highest BCUT2D eigenvalue weighted by Gasteiger charge is 2.51. The molecule has 1 aliphatic rings. The van der Waals surface area contributed by atoms with Crippen molar-refractivity contribution in [2.24, 2.45) is 5.92 Å².